The van der Waals surface area contributed by atoms with E-state index in [-0.39, 0.29) is 12.0 Å². The molecular weight excluding hydrogens is 254 g/mol. The quantitative estimate of drug-likeness (QED) is 0.893. The van der Waals surface area contributed by atoms with Gasteiger partial charge in [0, 0.05) is 19.7 Å². The number of carbonyl (C=O) groups excluding carboxylic acids is 1. The third-order valence-corrected chi connectivity index (χ3v) is 4.42. The summed E-state index contributed by atoms with van der Waals surface area (Å²) in [5.41, 5.74) is 0.151. The van der Waals surface area contributed by atoms with Crippen molar-refractivity contribution in [3.63, 3.8) is 0 Å². The molecule has 1 atom stereocenters. The highest BCUT2D eigenvalue weighted by Gasteiger charge is 2.37. The Labute approximate surface area is 119 Å². The minimum atomic E-state index is -0.797. The van der Waals surface area contributed by atoms with Crippen LogP contribution in [-0.2, 0) is 15.1 Å². The van der Waals surface area contributed by atoms with Crippen LogP contribution < -0.4 is 0 Å². The fourth-order valence-electron chi connectivity index (χ4n) is 3.11. The first-order valence-electron chi connectivity index (χ1n) is 7.37. The molecule has 0 aromatic heterocycles. The zero-order chi connectivity index (χ0) is 14.0. The molecule has 1 aromatic rings. The SMILES string of the molecule is O=C([C@H]1CCCO1)N1CCC(O)(c2ccccc2)CC1. The number of hydrogen-bond donors (Lipinski definition) is 1. The van der Waals surface area contributed by atoms with E-state index in [0.29, 0.717) is 32.5 Å². The van der Waals surface area contributed by atoms with Crippen molar-refractivity contribution >= 4 is 5.91 Å². The standard InChI is InChI=1S/C16H21NO3/c18-15(14-7-4-12-20-14)17-10-8-16(19,9-11-17)13-5-2-1-3-6-13/h1-3,5-6,14,19H,4,7-12H2/t14-/m1/s1. The molecule has 20 heavy (non-hydrogen) atoms. The minimum absolute atomic E-state index is 0.0950. The molecule has 1 aromatic carbocycles. The van der Waals surface area contributed by atoms with Gasteiger partial charge in [-0.15, -0.1) is 0 Å². The second-order valence-electron chi connectivity index (χ2n) is 5.72. The number of ether oxygens (including phenoxy) is 1. The van der Waals surface area contributed by atoms with Crippen LogP contribution in [0.5, 0.6) is 0 Å². The number of aliphatic hydroxyl groups is 1. The van der Waals surface area contributed by atoms with Crippen LogP contribution in [0, 0.1) is 0 Å². The predicted octanol–water partition coefficient (Wildman–Crippen LogP) is 1.68. The number of piperidine rings is 1. The molecule has 2 heterocycles. The monoisotopic (exact) mass is 275 g/mol. The van der Waals surface area contributed by atoms with Crippen molar-refractivity contribution in [2.75, 3.05) is 19.7 Å². The van der Waals surface area contributed by atoms with Crippen LogP contribution >= 0.6 is 0 Å². The first-order valence-corrected chi connectivity index (χ1v) is 7.37. The van der Waals surface area contributed by atoms with Crippen molar-refractivity contribution in [2.45, 2.75) is 37.4 Å². The van der Waals surface area contributed by atoms with E-state index in [4.69, 9.17) is 4.74 Å². The molecule has 3 rings (SSSR count). The van der Waals surface area contributed by atoms with Crippen LogP contribution in [0.3, 0.4) is 0 Å². The summed E-state index contributed by atoms with van der Waals surface area (Å²) in [5.74, 6) is 0.0950. The van der Waals surface area contributed by atoms with E-state index in [1.807, 2.05) is 35.2 Å². The fraction of sp³-hybridized carbons (Fsp3) is 0.562. The Morgan fingerprint density at radius 1 is 1.25 bits per heavy atom. The van der Waals surface area contributed by atoms with Crippen molar-refractivity contribution in [3.8, 4) is 0 Å². The smallest absolute Gasteiger partial charge is 0.251 e. The van der Waals surface area contributed by atoms with Gasteiger partial charge in [0.05, 0.1) is 5.60 Å². The Bertz CT molecular complexity index is 460. The summed E-state index contributed by atoms with van der Waals surface area (Å²) in [6, 6.07) is 9.74. The summed E-state index contributed by atoms with van der Waals surface area (Å²) in [4.78, 5) is 14.1. The first kappa shape index (κ1) is 13.6. The van der Waals surface area contributed by atoms with Gasteiger partial charge in [0.1, 0.15) is 6.10 Å². The Kier molecular flexibility index (Phi) is 3.76. The van der Waals surface area contributed by atoms with Crippen LogP contribution in [-0.4, -0.2) is 41.7 Å². The van der Waals surface area contributed by atoms with Gasteiger partial charge in [-0.25, -0.2) is 0 Å². The first-order chi connectivity index (χ1) is 9.69. The summed E-state index contributed by atoms with van der Waals surface area (Å²) in [6.45, 7) is 1.90. The highest BCUT2D eigenvalue weighted by molar-refractivity contribution is 5.81. The van der Waals surface area contributed by atoms with E-state index in [0.717, 1.165) is 18.4 Å². The van der Waals surface area contributed by atoms with E-state index in [1.54, 1.807) is 0 Å². The molecule has 1 amide bonds. The lowest BCUT2D eigenvalue weighted by Gasteiger charge is -2.39. The fourth-order valence-corrected chi connectivity index (χ4v) is 3.11. The molecule has 0 radical (unpaired) electrons. The van der Waals surface area contributed by atoms with Gasteiger partial charge in [-0.05, 0) is 31.2 Å². The van der Waals surface area contributed by atoms with Crippen LogP contribution in [0.1, 0.15) is 31.2 Å². The average molecular weight is 275 g/mol. The molecule has 0 unspecified atom stereocenters. The second-order valence-corrected chi connectivity index (χ2v) is 5.72. The number of nitrogens with zero attached hydrogens (tertiary/aromatic N) is 1. The average Bonchev–Trinajstić information content (AvgIpc) is 3.02. The molecule has 4 heteroatoms. The Balaban J connectivity index is 1.63. The van der Waals surface area contributed by atoms with Crippen molar-refractivity contribution in [1.82, 2.24) is 4.90 Å². The van der Waals surface area contributed by atoms with E-state index in [9.17, 15) is 9.90 Å². The summed E-state index contributed by atoms with van der Waals surface area (Å²) in [6.07, 6.45) is 2.74. The van der Waals surface area contributed by atoms with E-state index >= 15 is 0 Å². The maximum atomic E-state index is 12.3. The topological polar surface area (TPSA) is 49.8 Å². The number of carbonyl (C=O) groups is 1. The van der Waals surface area contributed by atoms with Gasteiger partial charge >= 0.3 is 0 Å². The lowest BCUT2D eigenvalue weighted by atomic mass is 9.84. The number of rotatable bonds is 2. The van der Waals surface area contributed by atoms with Crippen LogP contribution in [0.4, 0.5) is 0 Å². The molecule has 2 saturated heterocycles. The van der Waals surface area contributed by atoms with Gasteiger partial charge in [-0.3, -0.25) is 4.79 Å². The Hall–Kier alpha value is -1.39. The summed E-state index contributed by atoms with van der Waals surface area (Å²) in [5, 5.41) is 10.7. The molecule has 2 fully saturated rings. The van der Waals surface area contributed by atoms with E-state index < -0.39 is 5.60 Å². The number of hydrogen-bond acceptors (Lipinski definition) is 3. The molecular formula is C16H21NO3. The molecule has 4 nitrogen and oxygen atoms in total. The third-order valence-electron chi connectivity index (χ3n) is 4.42. The van der Waals surface area contributed by atoms with Gasteiger partial charge in [0.2, 0.25) is 0 Å². The number of benzene rings is 1. The van der Waals surface area contributed by atoms with Crippen LogP contribution in [0.25, 0.3) is 0 Å². The third kappa shape index (κ3) is 2.58. The largest absolute Gasteiger partial charge is 0.385 e. The van der Waals surface area contributed by atoms with Crippen molar-refractivity contribution in [2.24, 2.45) is 0 Å². The van der Waals surface area contributed by atoms with Gasteiger partial charge in [0.25, 0.3) is 5.91 Å². The maximum Gasteiger partial charge on any atom is 0.251 e. The zero-order valence-electron chi connectivity index (χ0n) is 11.6. The molecule has 0 bridgehead atoms. The molecule has 1 N–H and O–H groups in total. The van der Waals surface area contributed by atoms with Crippen LogP contribution in [0.2, 0.25) is 0 Å². The van der Waals surface area contributed by atoms with Gasteiger partial charge in [0.15, 0.2) is 0 Å². The Morgan fingerprint density at radius 3 is 2.55 bits per heavy atom. The normalized spacial score (nSPS) is 25.6. The van der Waals surface area contributed by atoms with Crippen molar-refractivity contribution in [3.05, 3.63) is 35.9 Å². The molecule has 0 aliphatic carbocycles. The van der Waals surface area contributed by atoms with Crippen molar-refractivity contribution in [1.29, 1.82) is 0 Å². The minimum Gasteiger partial charge on any atom is -0.385 e. The highest BCUT2D eigenvalue weighted by Crippen LogP contribution is 2.33. The number of likely N-dealkylation sites (tertiary alicyclic amines) is 1. The molecule has 0 spiro atoms. The van der Waals surface area contributed by atoms with Gasteiger partial charge in [-0.1, -0.05) is 30.3 Å². The van der Waals surface area contributed by atoms with Crippen LogP contribution in [0.15, 0.2) is 30.3 Å². The molecule has 2 aliphatic heterocycles. The molecule has 108 valence electrons. The van der Waals surface area contributed by atoms with E-state index in [2.05, 4.69) is 0 Å². The maximum absolute atomic E-state index is 12.3. The molecule has 2 aliphatic rings. The van der Waals surface area contributed by atoms with Crippen molar-refractivity contribution < 1.29 is 14.6 Å². The van der Waals surface area contributed by atoms with Gasteiger partial charge < -0.3 is 14.7 Å². The van der Waals surface area contributed by atoms with E-state index in [1.165, 1.54) is 0 Å². The predicted molar refractivity (Wildman–Crippen MR) is 75.1 cm³/mol. The zero-order valence-corrected chi connectivity index (χ0v) is 11.6. The summed E-state index contributed by atoms with van der Waals surface area (Å²) in [7, 11) is 0. The Morgan fingerprint density at radius 2 is 1.95 bits per heavy atom. The highest BCUT2D eigenvalue weighted by atomic mass is 16.5. The second kappa shape index (κ2) is 5.54. The lowest BCUT2D eigenvalue weighted by Crippen LogP contribution is -2.48. The summed E-state index contributed by atoms with van der Waals surface area (Å²) >= 11 is 0. The van der Waals surface area contributed by atoms with Gasteiger partial charge in [-0.2, -0.15) is 0 Å². The lowest BCUT2D eigenvalue weighted by molar-refractivity contribution is -0.145. The summed E-state index contributed by atoms with van der Waals surface area (Å²) < 4.78 is 5.45. The molecule has 0 saturated carbocycles. The number of amides is 1.